The van der Waals surface area contributed by atoms with E-state index in [0.717, 1.165) is 64.9 Å². The minimum atomic E-state index is -0.861. The van der Waals surface area contributed by atoms with Crippen molar-refractivity contribution in [1.29, 1.82) is 0 Å². The Morgan fingerprint density at radius 3 is 0.884 bits per heavy atom. The van der Waals surface area contributed by atoms with Crippen LogP contribution in [0.4, 0.5) is 0 Å². The fourth-order valence-corrected chi connectivity index (χ4v) is 8.93. The van der Waals surface area contributed by atoms with Crippen LogP contribution in [-0.2, 0) is 72.0 Å². The molecule has 0 aromatic heterocycles. The average molecular weight is 1570 g/mol. The van der Waals surface area contributed by atoms with Gasteiger partial charge in [0.2, 0.25) is 0 Å². The van der Waals surface area contributed by atoms with E-state index in [-0.39, 0.29) is 65.0 Å². The molecule has 6 rings (SSSR count). The van der Waals surface area contributed by atoms with Gasteiger partial charge in [-0.25, -0.2) is 4.99 Å². The molecule has 3 aromatic rings. The first-order chi connectivity index (χ1) is 43.0. The molecule has 3 saturated carbocycles. The summed E-state index contributed by atoms with van der Waals surface area (Å²) in [6.07, 6.45) is 19.8. The van der Waals surface area contributed by atoms with Gasteiger partial charge in [0.25, 0.3) is 0 Å². The molecule has 0 heterocycles. The standard InChI is InChI=1S/3C18H29N3.6C4H11Si.2Zr/c3*1-3-21(4-2)18(20-17-13-9-6-10-14-17)19-15-16-11-7-5-8-12-16;6*1-5(2,3)4;;/h5,7-8,11-12,17H,3-4,6,9-10,13-15H2,1-2H3,(H,19,20);2*5,7-8,11-12,17-18H,3-4,6,9-10,13-15H2,1-2H3;6*1H2,2-4H3;;/q;2*-2;6*-1;;+4. The third-order valence-corrected chi connectivity index (χ3v) is 12.9. The summed E-state index contributed by atoms with van der Waals surface area (Å²) in [6.45, 7) is 84.9. The summed E-state index contributed by atoms with van der Waals surface area (Å²) in [5.41, 5.74) is 3.81. The van der Waals surface area contributed by atoms with Gasteiger partial charge >= 0.3 is 26.2 Å². The van der Waals surface area contributed by atoms with Crippen molar-refractivity contribution in [3.8, 4) is 0 Å². The Balaban J connectivity index is -0.000000348. The molecule has 17 heteroatoms. The van der Waals surface area contributed by atoms with E-state index in [4.69, 9.17) is 26.3 Å². The monoisotopic (exact) mass is 1560 g/mol. The molecule has 3 fully saturated rings. The SMILES string of the molecule is CCN(CC)C(=NCc1ccccc1)NC1CCCCC1.CCN(CC)C([N-]Cc1ccccc1)[N-]C1CCCCC1.CCN(CC)C([N-]Cc1ccccc1)[N-]C1CCCCC1.[CH2-][Si](C)(C)C.[CH2-][Si](C)(C)C.[CH2-][Si](C)(C)C.[CH2-][Si](C)(C)C.[CH2-][Si](C)(C)C.[CH2-][Si](C)(C)C.[Zr+4].[Zr]. The molecule has 0 saturated heterocycles. The van der Waals surface area contributed by atoms with Gasteiger partial charge in [-0.05, 0) is 58.4 Å². The summed E-state index contributed by atoms with van der Waals surface area (Å²) >= 11 is 0. The maximum atomic E-state index is 5.05. The van der Waals surface area contributed by atoms with E-state index in [1.165, 1.54) is 113 Å². The molecule has 95 heavy (non-hydrogen) atoms. The van der Waals surface area contributed by atoms with E-state index in [9.17, 15) is 0 Å². The normalized spacial score (nSPS) is 15.5. The van der Waals surface area contributed by atoms with E-state index in [1.54, 1.807) is 0 Å². The van der Waals surface area contributed by atoms with E-state index >= 15 is 0 Å². The Hall–Kier alpha value is -0.242. The zero-order chi connectivity index (χ0) is 71.7. The number of nitrogens with one attached hydrogen (secondary N) is 1. The zero-order valence-corrected chi connectivity index (χ0v) is 77.8. The molecular formula is C78H153N9Si6Zr2-6. The summed E-state index contributed by atoms with van der Waals surface area (Å²) in [4.78, 5) is 11.9. The third kappa shape index (κ3) is 80.9. The summed E-state index contributed by atoms with van der Waals surface area (Å²) < 4.78 is 0. The van der Waals surface area contributed by atoms with Crippen molar-refractivity contribution in [3.05, 3.63) is 168 Å². The minimum absolute atomic E-state index is 0. The van der Waals surface area contributed by atoms with E-state index in [0.29, 0.717) is 18.1 Å². The van der Waals surface area contributed by atoms with Crippen LogP contribution in [0, 0.1) is 39.3 Å². The first-order valence-corrected chi connectivity index (χ1v) is 58.7. The second-order valence-corrected chi connectivity index (χ2v) is 63.5. The van der Waals surface area contributed by atoms with Crippen LogP contribution < -0.4 is 5.32 Å². The van der Waals surface area contributed by atoms with Gasteiger partial charge in [-0.3, -0.25) is 0 Å². The van der Waals surface area contributed by atoms with Crippen LogP contribution in [0.25, 0.3) is 21.3 Å². The van der Waals surface area contributed by atoms with E-state index < -0.39 is 48.4 Å². The number of hydrogen-bond acceptors (Lipinski definition) is 3. The maximum Gasteiger partial charge on any atom is 4.00 e. The van der Waals surface area contributed by atoms with E-state index in [2.05, 4.69) is 310 Å². The largest absolute Gasteiger partial charge is 4.00 e. The molecule has 3 aliphatic rings. The summed E-state index contributed by atoms with van der Waals surface area (Å²) in [5.74, 6) is 1.08. The van der Waals surface area contributed by atoms with Crippen LogP contribution in [-0.4, -0.2) is 139 Å². The predicted molar refractivity (Wildman–Crippen MR) is 444 cm³/mol. The Morgan fingerprint density at radius 1 is 0.400 bits per heavy atom. The van der Waals surface area contributed by atoms with Crippen molar-refractivity contribution in [3.63, 3.8) is 0 Å². The van der Waals surface area contributed by atoms with Gasteiger partial charge in [0.1, 0.15) is 0 Å². The first-order valence-electron chi connectivity index (χ1n) is 36.5. The smallest absolute Gasteiger partial charge is 0.663 e. The first kappa shape index (κ1) is 103. The van der Waals surface area contributed by atoms with Gasteiger partial charge in [0, 0.05) is 45.3 Å². The Kier molecular flexibility index (Phi) is 64.4. The molecule has 3 aliphatic carbocycles. The molecular weight excluding hydrogens is 1410 g/mol. The quantitative estimate of drug-likeness (QED) is 0.0498. The number of rotatable bonds is 21. The van der Waals surface area contributed by atoms with Crippen LogP contribution in [0.2, 0.25) is 118 Å². The van der Waals surface area contributed by atoms with Gasteiger partial charge < -0.3 is 80.6 Å². The van der Waals surface area contributed by atoms with Gasteiger partial charge in [0.05, 0.1) is 6.54 Å². The fraction of sp³-hybridized carbons (Fsp3) is 0.679. The fourth-order valence-electron chi connectivity index (χ4n) is 8.93. The number of hydrogen-bond donors (Lipinski definition) is 1. The number of guanidine groups is 1. The molecule has 0 radical (unpaired) electrons. The average Bonchev–Trinajstić information content (AvgIpc) is 1.03. The predicted octanol–water partition coefficient (Wildman–Crippen LogP) is 23.8. The molecule has 1 N–H and O–H groups in total. The van der Waals surface area contributed by atoms with Crippen molar-refractivity contribution in [2.45, 2.75) is 306 Å². The van der Waals surface area contributed by atoms with Crippen molar-refractivity contribution in [1.82, 2.24) is 20.0 Å². The summed E-state index contributed by atoms with van der Waals surface area (Å²) in [7, 11) is -5.17. The van der Waals surface area contributed by atoms with Gasteiger partial charge in [0.15, 0.2) is 5.96 Å². The van der Waals surface area contributed by atoms with Gasteiger partial charge in [-0.2, -0.15) is 12.6 Å². The molecule has 0 amide bonds. The van der Waals surface area contributed by atoms with Crippen molar-refractivity contribution < 1.29 is 52.4 Å². The molecule has 3 aromatic carbocycles. The zero-order valence-electron chi connectivity index (χ0n) is 66.8. The Morgan fingerprint density at radius 2 is 0.642 bits per heavy atom. The molecule has 2 unspecified atom stereocenters. The second-order valence-electron chi connectivity index (χ2n) is 32.8. The molecule has 0 spiro atoms. The van der Waals surface area contributed by atoms with Crippen molar-refractivity contribution in [2.75, 3.05) is 39.3 Å². The summed E-state index contributed by atoms with van der Waals surface area (Å²) in [6, 6.07) is 33.1. The van der Waals surface area contributed by atoms with Crippen LogP contribution >= 0.6 is 0 Å². The third-order valence-electron chi connectivity index (χ3n) is 12.9. The minimum Gasteiger partial charge on any atom is -0.663 e. The second kappa shape index (κ2) is 59.2. The molecule has 548 valence electrons. The molecule has 9 nitrogen and oxygen atoms in total. The molecule has 0 bridgehead atoms. The van der Waals surface area contributed by atoms with Crippen LogP contribution in [0.1, 0.15) is 155 Å². The van der Waals surface area contributed by atoms with Crippen LogP contribution in [0.5, 0.6) is 0 Å². The van der Waals surface area contributed by atoms with Crippen LogP contribution in [0.3, 0.4) is 0 Å². The Bertz CT molecular complexity index is 1930. The topological polar surface area (TPSA) is 90.5 Å². The van der Waals surface area contributed by atoms with Gasteiger partial charge in [-0.1, -0.05) is 331 Å². The number of aliphatic imine (C=N–C) groups is 1. The van der Waals surface area contributed by atoms with Crippen molar-refractivity contribution in [2.24, 2.45) is 4.99 Å². The molecule has 2 atom stereocenters. The van der Waals surface area contributed by atoms with Crippen molar-refractivity contribution >= 4 is 54.4 Å². The Labute approximate surface area is 639 Å². The maximum absolute atomic E-state index is 5.05. The number of benzene rings is 3. The summed E-state index contributed by atoms with van der Waals surface area (Å²) in [5, 5.41) is 23.6. The number of nitrogens with zero attached hydrogens (tertiary/aromatic N) is 8. The molecule has 0 aliphatic heterocycles. The van der Waals surface area contributed by atoms with Gasteiger partial charge in [-0.15, -0.1) is 73.6 Å². The van der Waals surface area contributed by atoms with Crippen LogP contribution in [0.15, 0.2) is 96.0 Å². The van der Waals surface area contributed by atoms with E-state index in [1.807, 2.05) is 0 Å².